The molecule has 1 fully saturated rings. The van der Waals surface area contributed by atoms with Crippen LogP contribution in [0.1, 0.15) is 34.1 Å². The molecule has 7 heteroatoms. The molecule has 3 aromatic rings. The number of amides is 1. The van der Waals surface area contributed by atoms with Crippen molar-refractivity contribution in [3.05, 3.63) is 70.1 Å². The molecular weight excluding hydrogens is 394 g/mol. The minimum Gasteiger partial charge on any atom is -0.496 e. The Morgan fingerprint density at radius 2 is 1.93 bits per heavy atom. The molecule has 1 atom stereocenters. The number of hydrogen-bond donors (Lipinski definition) is 0. The highest BCUT2D eigenvalue weighted by Gasteiger charge is 2.27. The molecule has 0 aliphatic carbocycles. The second-order valence-corrected chi connectivity index (χ2v) is 7.90. The van der Waals surface area contributed by atoms with E-state index in [1.807, 2.05) is 5.38 Å². The van der Waals surface area contributed by atoms with Gasteiger partial charge in [0.05, 0.1) is 17.8 Å². The minimum absolute atomic E-state index is 0.0910. The first-order valence-corrected chi connectivity index (χ1v) is 10.3. The van der Waals surface area contributed by atoms with Crippen molar-refractivity contribution in [1.82, 2.24) is 9.88 Å². The summed E-state index contributed by atoms with van der Waals surface area (Å²) in [6, 6.07) is 10.0. The van der Waals surface area contributed by atoms with Gasteiger partial charge in [0.25, 0.3) is 5.91 Å². The van der Waals surface area contributed by atoms with Crippen LogP contribution in [0.5, 0.6) is 5.75 Å². The highest BCUT2D eigenvalue weighted by atomic mass is 32.1. The van der Waals surface area contributed by atoms with Gasteiger partial charge in [0.2, 0.25) is 0 Å². The van der Waals surface area contributed by atoms with Crippen molar-refractivity contribution in [3.8, 4) is 17.0 Å². The Morgan fingerprint density at radius 3 is 2.69 bits per heavy atom. The Balaban J connectivity index is 1.52. The number of hydrogen-bond acceptors (Lipinski definition) is 4. The number of likely N-dealkylation sites (tertiary alicyclic amines) is 1. The van der Waals surface area contributed by atoms with E-state index in [-0.39, 0.29) is 23.5 Å². The summed E-state index contributed by atoms with van der Waals surface area (Å²) >= 11 is 1.54. The van der Waals surface area contributed by atoms with E-state index >= 15 is 0 Å². The highest BCUT2D eigenvalue weighted by Crippen LogP contribution is 2.35. The summed E-state index contributed by atoms with van der Waals surface area (Å²) in [6.45, 7) is 1.25. The summed E-state index contributed by atoms with van der Waals surface area (Å²) in [5.41, 5.74) is 1.97. The average Bonchev–Trinajstić information content (AvgIpc) is 3.24. The van der Waals surface area contributed by atoms with Crippen LogP contribution in [-0.2, 0) is 0 Å². The second kappa shape index (κ2) is 8.29. The minimum atomic E-state index is -0.358. The quantitative estimate of drug-likeness (QED) is 0.595. The Bertz CT molecular complexity index is 1020. The van der Waals surface area contributed by atoms with Gasteiger partial charge in [0.15, 0.2) is 0 Å². The van der Waals surface area contributed by atoms with Crippen LogP contribution in [0.25, 0.3) is 11.3 Å². The number of halogens is 2. The smallest absolute Gasteiger partial charge is 0.253 e. The fourth-order valence-electron chi connectivity index (χ4n) is 3.61. The zero-order valence-electron chi connectivity index (χ0n) is 15.9. The van der Waals surface area contributed by atoms with Crippen LogP contribution in [0.15, 0.2) is 47.8 Å². The van der Waals surface area contributed by atoms with E-state index in [2.05, 4.69) is 0 Å². The largest absolute Gasteiger partial charge is 0.496 e. The van der Waals surface area contributed by atoms with Gasteiger partial charge in [-0.25, -0.2) is 13.8 Å². The SMILES string of the molecule is COc1cc(F)ccc1-c1csc(C2CCCN(C(=O)c3ccc(F)cc3)C2)n1. The van der Waals surface area contributed by atoms with Gasteiger partial charge < -0.3 is 9.64 Å². The molecule has 1 aromatic heterocycles. The molecule has 150 valence electrons. The molecule has 0 spiro atoms. The van der Waals surface area contributed by atoms with Crippen LogP contribution in [-0.4, -0.2) is 36.0 Å². The molecule has 0 radical (unpaired) electrons. The zero-order valence-corrected chi connectivity index (χ0v) is 16.7. The molecule has 1 saturated heterocycles. The van der Waals surface area contributed by atoms with E-state index in [0.717, 1.165) is 29.1 Å². The maximum atomic E-state index is 13.5. The molecule has 0 saturated carbocycles. The van der Waals surface area contributed by atoms with Crippen molar-refractivity contribution >= 4 is 17.2 Å². The van der Waals surface area contributed by atoms with Crippen molar-refractivity contribution in [2.45, 2.75) is 18.8 Å². The molecule has 1 aliphatic rings. The summed E-state index contributed by atoms with van der Waals surface area (Å²) in [5.74, 6) is -0.225. The molecule has 2 aromatic carbocycles. The molecule has 1 aliphatic heterocycles. The Kier molecular flexibility index (Phi) is 5.58. The number of methoxy groups -OCH3 is 1. The van der Waals surface area contributed by atoms with Crippen LogP contribution in [0.4, 0.5) is 8.78 Å². The first-order chi connectivity index (χ1) is 14.0. The van der Waals surface area contributed by atoms with Gasteiger partial charge in [-0.2, -0.15) is 0 Å². The van der Waals surface area contributed by atoms with E-state index in [1.54, 1.807) is 11.0 Å². The van der Waals surface area contributed by atoms with Crippen LogP contribution in [0.3, 0.4) is 0 Å². The molecular formula is C22H20F2N2O2S. The molecule has 4 nitrogen and oxygen atoms in total. The van der Waals surface area contributed by atoms with Crippen LogP contribution in [0, 0.1) is 11.6 Å². The maximum Gasteiger partial charge on any atom is 0.253 e. The number of benzene rings is 2. The first kappa shape index (κ1) is 19.5. The van der Waals surface area contributed by atoms with Gasteiger partial charge in [-0.05, 0) is 49.2 Å². The number of piperidine rings is 1. The summed E-state index contributed by atoms with van der Waals surface area (Å²) in [6.07, 6.45) is 1.83. The number of nitrogens with zero attached hydrogens (tertiary/aromatic N) is 2. The fourth-order valence-corrected chi connectivity index (χ4v) is 4.56. The molecule has 2 heterocycles. The molecule has 29 heavy (non-hydrogen) atoms. The molecule has 1 amide bonds. The normalized spacial score (nSPS) is 16.7. The van der Waals surface area contributed by atoms with Crippen LogP contribution < -0.4 is 4.74 Å². The Labute approximate surface area is 171 Å². The number of aromatic nitrogens is 1. The fraction of sp³-hybridized carbons (Fsp3) is 0.273. The van der Waals surface area contributed by atoms with Crippen molar-refractivity contribution in [2.75, 3.05) is 20.2 Å². The lowest BCUT2D eigenvalue weighted by Crippen LogP contribution is -2.39. The third-order valence-corrected chi connectivity index (χ3v) is 6.12. The lowest BCUT2D eigenvalue weighted by Gasteiger charge is -2.32. The lowest BCUT2D eigenvalue weighted by molar-refractivity contribution is 0.0707. The third-order valence-electron chi connectivity index (χ3n) is 5.11. The van der Waals surface area contributed by atoms with E-state index < -0.39 is 0 Å². The van der Waals surface area contributed by atoms with Crippen molar-refractivity contribution in [3.63, 3.8) is 0 Å². The number of ether oxygens (including phenoxy) is 1. The van der Waals surface area contributed by atoms with E-state index in [1.165, 1.54) is 54.8 Å². The highest BCUT2D eigenvalue weighted by molar-refractivity contribution is 7.10. The van der Waals surface area contributed by atoms with E-state index in [0.29, 0.717) is 24.4 Å². The molecule has 0 N–H and O–H groups in total. The second-order valence-electron chi connectivity index (χ2n) is 7.01. The summed E-state index contributed by atoms with van der Waals surface area (Å²) < 4.78 is 31.9. The standard InChI is InChI=1S/C22H20F2N2O2S/c1-28-20-11-17(24)8-9-18(20)19-13-29-21(25-19)15-3-2-10-26(12-15)22(27)14-4-6-16(23)7-5-14/h4-9,11,13,15H,2-3,10,12H2,1H3. The predicted molar refractivity (Wildman–Crippen MR) is 108 cm³/mol. The number of thiazole rings is 1. The van der Waals surface area contributed by atoms with E-state index in [9.17, 15) is 13.6 Å². The Morgan fingerprint density at radius 1 is 1.17 bits per heavy atom. The average molecular weight is 414 g/mol. The van der Waals surface area contributed by atoms with Crippen molar-refractivity contribution in [1.29, 1.82) is 0 Å². The summed E-state index contributed by atoms with van der Waals surface area (Å²) in [5, 5.41) is 2.88. The molecule has 1 unspecified atom stereocenters. The first-order valence-electron chi connectivity index (χ1n) is 9.39. The summed E-state index contributed by atoms with van der Waals surface area (Å²) in [4.78, 5) is 19.3. The van der Waals surface area contributed by atoms with Crippen molar-refractivity contribution < 1.29 is 18.3 Å². The predicted octanol–water partition coefficient (Wildman–Crippen LogP) is 5.12. The summed E-state index contributed by atoms with van der Waals surface area (Å²) in [7, 11) is 1.51. The number of carbonyl (C=O) groups is 1. The van der Waals surface area contributed by atoms with E-state index in [4.69, 9.17) is 9.72 Å². The maximum absolute atomic E-state index is 13.5. The Hall–Kier alpha value is -2.80. The van der Waals surface area contributed by atoms with Gasteiger partial charge >= 0.3 is 0 Å². The number of carbonyl (C=O) groups excluding carboxylic acids is 1. The van der Waals surface area contributed by atoms with Gasteiger partial charge in [0.1, 0.15) is 17.4 Å². The third kappa shape index (κ3) is 4.15. The van der Waals surface area contributed by atoms with Crippen LogP contribution >= 0.6 is 11.3 Å². The molecule has 4 rings (SSSR count). The monoisotopic (exact) mass is 414 g/mol. The van der Waals surface area contributed by atoms with Gasteiger partial charge in [0, 0.05) is 41.6 Å². The molecule has 0 bridgehead atoms. The topological polar surface area (TPSA) is 42.4 Å². The van der Waals surface area contributed by atoms with Crippen LogP contribution in [0.2, 0.25) is 0 Å². The van der Waals surface area contributed by atoms with Crippen molar-refractivity contribution in [2.24, 2.45) is 0 Å². The lowest BCUT2D eigenvalue weighted by atomic mass is 9.98. The van der Waals surface area contributed by atoms with Gasteiger partial charge in [-0.3, -0.25) is 4.79 Å². The van der Waals surface area contributed by atoms with Gasteiger partial charge in [-0.1, -0.05) is 0 Å². The number of rotatable bonds is 4. The zero-order chi connectivity index (χ0) is 20.4. The van der Waals surface area contributed by atoms with Gasteiger partial charge in [-0.15, -0.1) is 11.3 Å².